The van der Waals surface area contributed by atoms with Crippen LogP contribution in [0.3, 0.4) is 0 Å². The summed E-state index contributed by atoms with van der Waals surface area (Å²) in [4.78, 5) is 78.0. The molecule has 0 spiro atoms. The van der Waals surface area contributed by atoms with Crippen LogP contribution in [0.4, 0.5) is 35.1 Å². The van der Waals surface area contributed by atoms with Crippen molar-refractivity contribution in [2.24, 2.45) is 0 Å². The molecule has 15 nitrogen and oxygen atoms in total. The first kappa shape index (κ1) is 59.8. The zero-order valence-corrected chi connectivity index (χ0v) is 43.7. The number of fused-ring (bicyclic) bond motifs is 2. The van der Waals surface area contributed by atoms with Crippen molar-refractivity contribution in [2.45, 2.75) is 88.6 Å². The third-order valence-electron chi connectivity index (χ3n) is 14.6. The average Bonchev–Trinajstić information content (AvgIpc) is 4.39. The maximum atomic E-state index is 15.2. The molecule has 4 heterocycles. The van der Waals surface area contributed by atoms with Gasteiger partial charge in [-0.2, -0.15) is 45.9 Å². The molecule has 2 saturated carbocycles. The number of aromatic nitrogens is 4. The molecule has 2 aromatic heterocycles. The molecule has 2 fully saturated rings. The predicted molar refractivity (Wildman–Crippen MR) is 261 cm³/mol. The number of nitrogens with zero attached hydrogens (tertiary/aromatic N) is 6. The molecule has 0 bridgehead atoms. The van der Waals surface area contributed by atoms with E-state index in [9.17, 15) is 55.1 Å². The second-order valence-electron chi connectivity index (χ2n) is 19.0. The number of methoxy groups -OCH3 is 1. The van der Waals surface area contributed by atoms with E-state index in [1.165, 1.54) is 84.3 Å². The van der Waals surface area contributed by atoms with Gasteiger partial charge in [0.1, 0.15) is 11.6 Å². The minimum absolute atomic E-state index is 0. The number of esters is 1. The van der Waals surface area contributed by atoms with Gasteiger partial charge in [0.15, 0.2) is 0 Å². The van der Waals surface area contributed by atoms with Crippen LogP contribution in [0, 0.1) is 11.6 Å². The summed E-state index contributed by atoms with van der Waals surface area (Å²) in [5.41, 5.74) is -4.54. The monoisotopic (exact) mass is 1140 g/mol. The molecule has 10 rings (SSSR count). The molecule has 79 heavy (non-hydrogen) atoms. The van der Waals surface area contributed by atoms with Gasteiger partial charge in [0.2, 0.25) is 11.8 Å². The Kier molecular flexibility index (Phi) is 16.6. The number of benzene rings is 4. The van der Waals surface area contributed by atoms with Gasteiger partial charge in [0.05, 0.1) is 86.1 Å². The molecule has 4 aromatic carbocycles. The second kappa shape index (κ2) is 22.0. The number of carboxylic acid groups (broad SMARTS) is 1. The topological polar surface area (TPSA) is 204 Å². The summed E-state index contributed by atoms with van der Waals surface area (Å²) in [6, 6.07) is 14.7. The van der Waals surface area contributed by atoms with E-state index in [0.717, 1.165) is 28.6 Å². The third kappa shape index (κ3) is 10.6. The fourth-order valence-corrected chi connectivity index (χ4v) is 10.6. The first-order valence-electron chi connectivity index (χ1n) is 23.7. The van der Waals surface area contributed by atoms with E-state index in [-0.39, 0.29) is 178 Å². The first-order chi connectivity index (χ1) is 36.2. The van der Waals surface area contributed by atoms with Crippen LogP contribution in [-0.2, 0) is 51.1 Å². The van der Waals surface area contributed by atoms with E-state index in [4.69, 9.17) is 28.3 Å². The van der Waals surface area contributed by atoms with Crippen molar-refractivity contribution in [2.75, 3.05) is 20.2 Å². The molecular formula is C53H43Cl2F8LiN6O9. The maximum absolute atomic E-state index is 15.2. The summed E-state index contributed by atoms with van der Waals surface area (Å²) in [7, 11) is 1.16. The molecule has 410 valence electrons. The summed E-state index contributed by atoms with van der Waals surface area (Å²) >= 11 is 12.6. The largest absolute Gasteiger partial charge is 1.00 e. The number of carbonyl (C=O) groups excluding carboxylic acids is 5. The zero-order chi connectivity index (χ0) is 55.8. The van der Waals surface area contributed by atoms with E-state index in [0.29, 0.717) is 11.1 Å². The number of carbonyl (C=O) groups is 6. The van der Waals surface area contributed by atoms with Crippen molar-refractivity contribution in [3.63, 3.8) is 0 Å². The second-order valence-corrected chi connectivity index (χ2v) is 19.8. The molecule has 0 atom stereocenters. The minimum atomic E-state index is -4.61. The van der Waals surface area contributed by atoms with E-state index in [2.05, 4.69) is 14.9 Å². The van der Waals surface area contributed by atoms with Crippen molar-refractivity contribution < 1.29 is 98.1 Å². The molecule has 4 aliphatic rings. The SMILES string of the molecule is CC(=O)N1CCc2c(-c3ccc(C(=O)O)cc3F)nn(C(=O)c3c(Cl)cccc3C3(C(F)(F)F)CC3)c2C1.COC(=O)c1ccc(-c2nn(C(=O)c3c(Cl)cccc3C3(C(F)(F)F)CC3)c3c2CCN(C(C)=O)C3)c(F)c1.[Li+].[OH-]. The van der Waals surface area contributed by atoms with Gasteiger partial charge in [0, 0.05) is 49.2 Å². The van der Waals surface area contributed by atoms with Crippen LogP contribution in [-0.4, -0.2) is 108 Å². The molecular weight excluding hydrogens is 1090 g/mol. The molecule has 26 heteroatoms. The van der Waals surface area contributed by atoms with Crippen LogP contribution < -0.4 is 18.9 Å². The van der Waals surface area contributed by atoms with Crippen LogP contribution in [0.15, 0.2) is 72.8 Å². The van der Waals surface area contributed by atoms with Gasteiger partial charge in [-0.3, -0.25) is 19.2 Å². The number of aromatic carboxylic acids is 1. The van der Waals surface area contributed by atoms with Crippen molar-refractivity contribution in [1.82, 2.24) is 29.4 Å². The van der Waals surface area contributed by atoms with E-state index >= 15 is 8.78 Å². The van der Waals surface area contributed by atoms with Gasteiger partial charge in [-0.15, -0.1) is 0 Å². The van der Waals surface area contributed by atoms with Crippen molar-refractivity contribution in [3.8, 4) is 22.5 Å². The zero-order valence-electron chi connectivity index (χ0n) is 42.2. The number of hydrogen-bond acceptors (Lipinski definition) is 10. The molecule has 2 aliphatic carbocycles. The van der Waals surface area contributed by atoms with E-state index in [1.807, 2.05) is 0 Å². The molecule has 6 aromatic rings. The molecule has 2 amide bonds. The summed E-state index contributed by atoms with van der Waals surface area (Å²) in [5.74, 6) is -6.19. The van der Waals surface area contributed by atoms with E-state index < -0.39 is 58.6 Å². The maximum Gasteiger partial charge on any atom is 1.00 e. The quantitative estimate of drug-likeness (QED) is 0.0905. The van der Waals surface area contributed by atoms with Gasteiger partial charge in [0.25, 0.3) is 11.8 Å². The number of halogens is 10. The third-order valence-corrected chi connectivity index (χ3v) is 15.2. The Hall–Kier alpha value is -6.90. The number of carboxylic acids is 1. The Balaban J connectivity index is 0.000000223. The van der Waals surface area contributed by atoms with Crippen LogP contribution in [0.1, 0.15) is 115 Å². The molecule has 2 N–H and O–H groups in total. The van der Waals surface area contributed by atoms with Crippen LogP contribution in [0.5, 0.6) is 0 Å². The summed E-state index contributed by atoms with van der Waals surface area (Å²) < 4.78 is 121. The molecule has 0 saturated heterocycles. The van der Waals surface area contributed by atoms with Crippen LogP contribution in [0.2, 0.25) is 10.0 Å². The van der Waals surface area contributed by atoms with Crippen molar-refractivity contribution in [3.05, 3.63) is 150 Å². The number of amides is 2. The van der Waals surface area contributed by atoms with Gasteiger partial charge in [-0.1, -0.05) is 47.5 Å². The number of ether oxygens (including phenoxy) is 1. The number of hydrogen-bond donors (Lipinski definition) is 1. The average molecular weight is 1140 g/mol. The molecule has 0 radical (unpaired) electrons. The van der Waals surface area contributed by atoms with Crippen LogP contribution >= 0.6 is 23.2 Å². The number of rotatable bonds is 8. The van der Waals surface area contributed by atoms with Crippen LogP contribution in [0.25, 0.3) is 22.5 Å². The minimum Gasteiger partial charge on any atom is -0.870 e. The van der Waals surface area contributed by atoms with Crippen molar-refractivity contribution in [1.29, 1.82) is 0 Å². The standard InChI is InChI=1S/C27H22ClF4N3O4.C26H20ClF4N3O4.Li.H2O/c1-14(36)34-11-8-17-21(13-34)35(33-23(17)16-7-6-15(12-20(16)29)25(38)39-2)24(37)22-18(4-3-5-19(22)28)26(9-10-26)27(30,31)32;1-13(35)33-10-7-16-20(12-33)34(32-22(16)15-6-5-14(24(37)38)11-19(15)28)23(36)21-17(3-2-4-18(21)27)25(8-9-25)26(29,30)31;;/h3-7,12H,8-11,13H2,1-2H3;2-6,11H,7-10,12H2,1H3,(H,37,38);;1H2/q;;+1;/p-1. The Morgan fingerprint density at radius 3 is 1.33 bits per heavy atom. The van der Waals surface area contributed by atoms with Crippen molar-refractivity contribution >= 4 is 58.8 Å². The summed E-state index contributed by atoms with van der Waals surface area (Å²) in [6.45, 7) is 3.07. The van der Waals surface area contributed by atoms with Gasteiger partial charge >= 0.3 is 43.2 Å². The normalized spacial score (nSPS) is 15.7. The van der Waals surface area contributed by atoms with Gasteiger partial charge < -0.3 is 25.1 Å². The van der Waals surface area contributed by atoms with E-state index in [1.54, 1.807) is 0 Å². The fraction of sp³-hybridized carbons (Fsp3) is 0.321. The molecule has 2 aliphatic heterocycles. The Morgan fingerprint density at radius 2 is 1.00 bits per heavy atom. The molecule has 0 unspecified atom stereocenters. The van der Waals surface area contributed by atoms with Gasteiger partial charge in [-0.05, 0) is 98.2 Å². The summed E-state index contributed by atoms with van der Waals surface area (Å²) in [5, 5.41) is 17.5. The Labute approximate surface area is 465 Å². The Morgan fingerprint density at radius 1 is 0.620 bits per heavy atom. The smallest absolute Gasteiger partial charge is 0.870 e. The Bertz CT molecular complexity index is 3500. The predicted octanol–water partition coefficient (Wildman–Crippen LogP) is 7.37. The first-order valence-corrected chi connectivity index (χ1v) is 24.5. The number of alkyl halides is 6. The summed E-state index contributed by atoms with van der Waals surface area (Å²) in [6.07, 6.45) is -9.56. The fourth-order valence-electron chi connectivity index (χ4n) is 10.1. The van der Waals surface area contributed by atoms with Gasteiger partial charge in [-0.25, -0.2) is 18.4 Å².